The van der Waals surface area contributed by atoms with E-state index in [9.17, 15) is 0 Å². The first kappa shape index (κ1) is 19.7. The van der Waals surface area contributed by atoms with E-state index in [0.717, 1.165) is 11.8 Å². The van der Waals surface area contributed by atoms with Gasteiger partial charge in [-0.05, 0) is 111 Å². The fraction of sp³-hybridized carbons (Fsp3) is 0.478. The number of benzene rings is 2. The second-order valence-electron chi connectivity index (χ2n) is 7.40. The van der Waals surface area contributed by atoms with Gasteiger partial charge in [0, 0.05) is 7.14 Å². The molecule has 3 rings (SSSR count). The second-order valence-corrected chi connectivity index (χ2v) is 9.56. The van der Waals surface area contributed by atoms with Gasteiger partial charge in [0.2, 0.25) is 0 Å². The fourth-order valence-corrected chi connectivity index (χ4v) is 5.84. The van der Waals surface area contributed by atoms with Gasteiger partial charge in [-0.3, -0.25) is 0 Å². The topological polar surface area (TPSA) is 0 Å². The Hall–Kier alpha value is -0.100. The third kappa shape index (κ3) is 4.60. The van der Waals surface area contributed by atoms with Crippen LogP contribution in [0, 0.1) is 13.1 Å². The molecule has 134 valence electrons. The lowest BCUT2D eigenvalue weighted by Gasteiger charge is -2.29. The third-order valence-electron chi connectivity index (χ3n) is 5.78. The van der Waals surface area contributed by atoms with Crippen molar-refractivity contribution in [3.63, 3.8) is 0 Å². The summed E-state index contributed by atoms with van der Waals surface area (Å²) in [6, 6.07) is 14.0. The van der Waals surface area contributed by atoms with Crippen LogP contribution in [0.15, 0.2) is 36.4 Å². The molecule has 0 unspecified atom stereocenters. The molecule has 2 aromatic carbocycles. The van der Waals surface area contributed by atoms with Gasteiger partial charge in [0.15, 0.2) is 0 Å². The average Bonchev–Trinajstić information content (AvgIpc) is 2.65. The Bertz CT molecular complexity index is 695. The maximum Gasteiger partial charge on any atom is 0.0345 e. The summed E-state index contributed by atoms with van der Waals surface area (Å²) in [5.41, 5.74) is 5.77. The molecule has 0 saturated heterocycles. The maximum absolute atomic E-state index is 2.59. The van der Waals surface area contributed by atoms with E-state index < -0.39 is 0 Å². The Labute approximate surface area is 180 Å². The van der Waals surface area contributed by atoms with Gasteiger partial charge in [0.25, 0.3) is 0 Å². The molecular formula is C23H28I2. The van der Waals surface area contributed by atoms with Crippen LogP contribution in [0.5, 0.6) is 0 Å². The minimum atomic E-state index is 0.768. The van der Waals surface area contributed by atoms with E-state index in [1.54, 1.807) is 5.56 Å². The molecule has 0 heterocycles. The molecule has 1 fully saturated rings. The summed E-state index contributed by atoms with van der Waals surface area (Å²) in [6.07, 6.45) is 9.31. The van der Waals surface area contributed by atoms with Crippen LogP contribution in [0.4, 0.5) is 0 Å². The van der Waals surface area contributed by atoms with Crippen molar-refractivity contribution in [2.24, 2.45) is 5.92 Å². The van der Waals surface area contributed by atoms with Crippen molar-refractivity contribution < 1.29 is 0 Å². The minimum absolute atomic E-state index is 0.768. The summed E-state index contributed by atoms with van der Waals surface area (Å²) in [5.74, 6) is 1.73. The second kappa shape index (κ2) is 9.20. The SMILES string of the molecule is CCCc1ccc(-c2ccc(C3CCC(CC)CC3)c(I)c2I)cc1. The van der Waals surface area contributed by atoms with Crippen molar-refractivity contribution in [3.8, 4) is 11.1 Å². The molecule has 0 radical (unpaired) electrons. The van der Waals surface area contributed by atoms with Crippen molar-refractivity contribution in [1.82, 2.24) is 0 Å². The number of halogens is 2. The van der Waals surface area contributed by atoms with Gasteiger partial charge in [0.1, 0.15) is 0 Å². The molecule has 0 bridgehead atoms. The lowest BCUT2D eigenvalue weighted by atomic mass is 9.77. The van der Waals surface area contributed by atoms with Crippen molar-refractivity contribution in [3.05, 3.63) is 54.7 Å². The number of rotatable bonds is 5. The van der Waals surface area contributed by atoms with Crippen LogP contribution in [0.2, 0.25) is 0 Å². The summed E-state index contributed by atoms with van der Waals surface area (Å²) < 4.78 is 2.91. The molecule has 1 aliphatic rings. The van der Waals surface area contributed by atoms with Gasteiger partial charge in [-0.15, -0.1) is 0 Å². The maximum atomic E-state index is 2.59. The molecule has 0 N–H and O–H groups in total. The molecule has 25 heavy (non-hydrogen) atoms. The molecule has 0 nitrogen and oxygen atoms in total. The summed E-state index contributed by atoms with van der Waals surface area (Å²) >= 11 is 5.15. The first-order valence-electron chi connectivity index (χ1n) is 9.71. The average molecular weight is 558 g/mol. The van der Waals surface area contributed by atoms with E-state index in [0.29, 0.717) is 0 Å². The zero-order chi connectivity index (χ0) is 17.8. The highest BCUT2D eigenvalue weighted by atomic mass is 127. The summed E-state index contributed by atoms with van der Waals surface area (Å²) in [5, 5.41) is 0. The lowest BCUT2D eigenvalue weighted by Crippen LogP contribution is -2.14. The van der Waals surface area contributed by atoms with Crippen molar-refractivity contribution in [1.29, 1.82) is 0 Å². The summed E-state index contributed by atoms with van der Waals surface area (Å²) in [7, 11) is 0. The van der Waals surface area contributed by atoms with Gasteiger partial charge in [0.05, 0.1) is 0 Å². The Balaban J connectivity index is 1.83. The zero-order valence-corrected chi connectivity index (χ0v) is 19.6. The van der Waals surface area contributed by atoms with E-state index in [1.165, 1.54) is 68.8 Å². The molecule has 2 aromatic rings. The van der Waals surface area contributed by atoms with Gasteiger partial charge >= 0.3 is 0 Å². The number of hydrogen-bond donors (Lipinski definition) is 0. The summed E-state index contributed by atoms with van der Waals surface area (Å²) in [6.45, 7) is 4.59. The summed E-state index contributed by atoms with van der Waals surface area (Å²) in [4.78, 5) is 0. The molecule has 0 aromatic heterocycles. The van der Waals surface area contributed by atoms with Crippen molar-refractivity contribution >= 4 is 45.2 Å². The van der Waals surface area contributed by atoms with Crippen LogP contribution in [0.3, 0.4) is 0 Å². The number of aryl methyl sites for hydroxylation is 1. The first-order valence-corrected chi connectivity index (χ1v) is 11.9. The van der Waals surface area contributed by atoms with Crippen molar-refractivity contribution in [2.75, 3.05) is 0 Å². The highest BCUT2D eigenvalue weighted by Gasteiger charge is 2.24. The molecule has 0 spiro atoms. The largest absolute Gasteiger partial charge is 0.0651 e. The molecule has 0 aliphatic heterocycles. The predicted octanol–water partition coefficient (Wildman–Crippen LogP) is 8.20. The molecule has 2 heteroatoms. The van der Waals surface area contributed by atoms with Crippen molar-refractivity contribution in [2.45, 2.75) is 64.7 Å². The Morgan fingerprint density at radius 3 is 2.12 bits per heavy atom. The van der Waals surface area contributed by atoms with Gasteiger partial charge < -0.3 is 0 Å². The highest BCUT2D eigenvalue weighted by molar-refractivity contribution is 14.1. The molecular weight excluding hydrogens is 530 g/mol. The van der Waals surface area contributed by atoms with E-state index in [1.807, 2.05) is 0 Å². The molecule has 0 amide bonds. The van der Waals surface area contributed by atoms with E-state index in [2.05, 4.69) is 95.4 Å². The Morgan fingerprint density at radius 2 is 1.52 bits per heavy atom. The normalized spacial score (nSPS) is 20.6. The highest BCUT2D eigenvalue weighted by Crippen LogP contribution is 2.41. The minimum Gasteiger partial charge on any atom is -0.0651 e. The van der Waals surface area contributed by atoms with Gasteiger partial charge in [-0.1, -0.05) is 63.1 Å². The van der Waals surface area contributed by atoms with Crippen LogP contribution >= 0.6 is 45.2 Å². The van der Waals surface area contributed by atoms with Crippen LogP contribution < -0.4 is 0 Å². The standard InChI is InChI=1S/C23H28I2/c1-3-5-17-8-12-19(13-9-17)21-15-14-20(22(24)23(21)25)18-10-6-16(4-2)7-11-18/h8-9,12-16,18H,3-7,10-11H2,1-2H3. The van der Waals surface area contributed by atoms with Crippen LogP contribution in [-0.2, 0) is 6.42 Å². The fourth-order valence-electron chi connectivity index (χ4n) is 4.12. The predicted molar refractivity (Wildman–Crippen MR) is 126 cm³/mol. The van der Waals surface area contributed by atoms with E-state index >= 15 is 0 Å². The Morgan fingerprint density at radius 1 is 0.840 bits per heavy atom. The zero-order valence-electron chi connectivity index (χ0n) is 15.3. The molecule has 1 saturated carbocycles. The van der Waals surface area contributed by atoms with Crippen LogP contribution in [-0.4, -0.2) is 0 Å². The smallest absolute Gasteiger partial charge is 0.0345 e. The lowest BCUT2D eigenvalue weighted by molar-refractivity contribution is 0.318. The molecule has 0 atom stereocenters. The Kier molecular flexibility index (Phi) is 7.24. The number of hydrogen-bond acceptors (Lipinski definition) is 0. The van der Waals surface area contributed by atoms with Gasteiger partial charge in [-0.2, -0.15) is 0 Å². The monoisotopic (exact) mass is 558 g/mol. The van der Waals surface area contributed by atoms with E-state index in [4.69, 9.17) is 0 Å². The quantitative estimate of drug-likeness (QED) is 0.325. The van der Waals surface area contributed by atoms with E-state index in [-0.39, 0.29) is 0 Å². The van der Waals surface area contributed by atoms with Crippen LogP contribution in [0.1, 0.15) is 69.4 Å². The third-order valence-corrected chi connectivity index (χ3v) is 9.09. The van der Waals surface area contributed by atoms with Crippen LogP contribution in [0.25, 0.3) is 11.1 Å². The molecule has 1 aliphatic carbocycles. The first-order chi connectivity index (χ1) is 12.1. The van der Waals surface area contributed by atoms with Gasteiger partial charge in [-0.25, -0.2) is 0 Å².